The van der Waals surface area contributed by atoms with Gasteiger partial charge in [-0.25, -0.2) is 47.9 Å². The lowest BCUT2D eigenvalue weighted by atomic mass is 9.94. The molecule has 0 radical (unpaired) electrons. The Kier molecular flexibility index (Phi) is 51.7. The summed E-state index contributed by atoms with van der Waals surface area (Å²) in [5.74, 6) is -8.79. The van der Waals surface area contributed by atoms with Crippen LogP contribution in [0.25, 0.3) is 0 Å². The third-order valence-corrected chi connectivity index (χ3v) is 24.6. The van der Waals surface area contributed by atoms with Gasteiger partial charge in [-0.05, 0) is 211 Å². The molecule has 5 heterocycles. The van der Waals surface area contributed by atoms with E-state index in [9.17, 15) is 95.9 Å². The Morgan fingerprint density at radius 3 is 0.700 bits per heavy atom. The fourth-order valence-corrected chi connectivity index (χ4v) is 14.5. The number of carbonyl (C=O) groups excluding carboxylic acids is 15. The predicted molar refractivity (Wildman–Crippen MR) is 490 cm³/mol. The highest BCUT2D eigenvalue weighted by Gasteiger charge is 2.42. The van der Waals surface area contributed by atoms with Crippen molar-refractivity contribution >= 4 is 207 Å². The SMILES string of the molecule is CC(=O)[C@H](CS)CC(=O)C(C)(C)SC(=O)OCc1oc(=O)oc1C.CCOC(=O)[C@H](CS)CC(=O)C(C)(C)SC(=O)OCc1oc(=O)oc1C.COC(=O)[C@H](CS)CC(=O)C(C)(C)SC(=O)OCc1oc(=O)oc1C.Cc1oc(=O)oc1COC(=O)SC(C)(C)C(=O)C[C@@H](CS)C(=O)OC(C)(C)C.Cc1oc(=O)oc1COC(=O)SC(C)(C)C(=O)C[C@@H](CS)C(=O)OC(C)C. The zero-order valence-electron chi connectivity index (χ0n) is 76.0. The molecule has 39 nitrogen and oxygen atoms in total. The van der Waals surface area contributed by atoms with Gasteiger partial charge in [0.1, 0.15) is 40.3 Å². The molecule has 5 aromatic rings. The van der Waals surface area contributed by atoms with Crippen LogP contribution in [0, 0.1) is 64.2 Å². The topological polar surface area (TPSA) is 556 Å². The van der Waals surface area contributed by atoms with Gasteiger partial charge in [0.05, 0.1) is 67.2 Å². The van der Waals surface area contributed by atoms with Crippen molar-refractivity contribution in [3.8, 4) is 0 Å². The van der Waals surface area contributed by atoms with Gasteiger partial charge in [0, 0.05) is 66.8 Å². The van der Waals surface area contributed by atoms with Gasteiger partial charge >= 0.3 is 79.5 Å². The summed E-state index contributed by atoms with van der Waals surface area (Å²) in [6, 6.07) is 0. The minimum absolute atomic E-state index is 0.0157. The normalized spacial score (nSPS) is 12.7. The Hall–Kier alpha value is -8.20. The van der Waals surface area contributed by atoms with Gasteiger partial charge in [0.25, 0.3) is 0 Å². The van der Waals surface area contributed by atoms with E-state index < -0.39 is 138 Å². The van der Waals surface area contributed by atoms with Crippen LogP contribution in [0.1, 0.15) is 207 Å². The number of methoxy groups -OCH3 is 1. The van der Waals surface area contributed by atoms with Crippen LogP contribution in [0.4, 0.5) is 24.0 Å². The summed E-state index contributed by atoms with van der Waals surface area (Å²) in [6.45, 7) is 33.7. The quantitative estimate of drug-likeness (QED) is 0.0138. The van der Waals surface area contributed by atoms with E-state index in [0.717, 1.165) is 0 Å². The second-order valence-corrected chi connectivity index (χ2v) is 41.0. The third-order valence-electron chi connectivity index (χ3n) is 17.2. The van der Waals surface area contributed by atoms with Gasteiger partial charge in [0.2, 0.25) is 0 Å². The molecule has 730 valence electrons. The number of hydrogen-bond donors (Lipinski definition) is 5. The molecule has 5 rings (SSSR count). The predicted octanol–water partition coefficient (Wildman–Crippen LogP) is 14.6. The number of Topliss-reactive ketones (excluding diaryl/α,β-unsaturated/α-hetero) is 6. The Balaban J connectivity index is 0.000000813. The van der Waals surface area contributed by atoms with Gasteiger partial charge in [-0.2, -0.15) is 63.1 Å². The minimum Gasteiger partial charge on any atom is -0.469 e. The van der Waals surface area contributed by atoms with Gasteiger partial charge in [-0.1, -0.05) is 0 Å². The van der Waals surface area contributed by atoms with E-state index in [2.05, 4.69) is 90.0 Å². The first kappa shape index (κ1) is 120. The highest BCUT2D eigenvalue weighted by molar-refractivity contribution is 8.16. The molecule has 0 saturated heterocycles. The fraction of sp³-hybridized carbons (Fsp3) is 0.630. The lowest BCUT2D eigenvalue weighted by molar-refractivity contribution is -0.160. The van der Waals surface area contributed by atoms with Crippen molar-refractivity contribution < 1.29 is 159 Å². The number of thiol groups is 5. The van der Waals surface area contributed by atoms with E-state index in [1.807, 2.05) is 0 Å². The maximum Gasteiger partial charge on any atom is 0.519 e. The molecule has 0 aromatic carbocycles. The van der Waals surface area contributed by atoms with Gasteiger partial charge in [0.15, 0.2) is 90.6 Å². The van der Waals surface area contributed by atoms with Crippen molar-refractivity contribution in [2.24, 2.45) is 29.6 Å². The molecule has 0 fully saturated rings. The number of hydrogen-bond acceptors (Lipinski definition) is 49. The molecule has 5 aromatic heterocycles. The summed E-state index contributed by atoms with van der Waals surface area (Å²) in [7, 11) is 1.23. The number of ether oxygens (including phenoxy) is 9. The molecule has 0 saturated carbocycles. The molecule has 5 atom stereocenters. The Labute approximate surface area is 795 Å². The van der Waals surface area contributed by atoms with Crippen molar-refractivity contribution in [1.29, 1.82) is 0 Å². The number of aryl methyl sites for hydroxylation is 5. The second-order valence-electron chi connectivity index (χ2n) is 31.4. The minimum atomic E-state index is -1.13. The summed E-state index contributed by atoms with van der Waals surface area (Å²) >= 11 is 23.8. The highest BCUT2D eigenvalue weighted by Crippen LogP contribution is 2.37. The van der Waals surface area contributed by atoms with Crippen molar-refractivity contribution in [3.63, 3.8) is 0 Å². The zero-order chi connectivity index (χ0) is 100. The van der Waals surface area contributed by atoms with Crippen LogP contribution < -0.4 is 29.1 Å². The molecule has 0 amide bonds. The van der Waals surface area contributed by atoms with E-state index in [1.54, 1.807) is 111 Å². The summed E-state index contributed by atoms with van der Waals surface area (Å²) in [5.41, 5.74) is -0.671. The molecule has 0 N–H and O–H groups in total. The standard InChI is InChI=1S/C18H26O8S2.C17H24O8S2.C16H22O8S2.C15H20O8S2.C15H20O7S2/c1-10-12(25-15(21)24-10)8-23-16(22)28-18(5,6)13(19)7-11(9-27)14(20)26-17(2,3)4;1-9(2)23-14(19)11(8-26)6-13(18)17(4,5)27-16(21)22-7-12-10(3)24-15(20)25-12;1-5-21-13(18)10(8-25)6-12(17)16(3,4)26-15(20)22-7-11-9(2)23-14(19)24-11;1-8-10(23-13(18)22-8)6-21-14(19)25-15(2,3)11(16)5-9(7-24)12(17)20-4;1-8(16)10(7-23)5-12(17)15(3,4)24-14(19)20-6-11-9(2)21-13(18)22-11/h11,27H,7-9H2,1-6H3;9,11,26H,6-8H2,1-5H3;10,25H,5-8H2,1-4H3;9,24H,5-7H2,1-4H3;10,23H,5-7H2,1-4H3/t2*11-;10-;9-;10-/m00000/s1. The Morgan fingerprint density at radius 2 is 0.523 bits per heavy atom. The third kappa shape index (κ3) is 44.1. The van der Waals surface area contributed by atoms with Crippen molar-refractivity contribution in [2.45, 2.75) is 253 Å². The first-order valence-corrected chi connectivity index (χ1v) is 46.4. The highest BCUT2D eigenvalue weighted by atomic mass is 32.2. The van der Waals surface area contributed by atoms with Crippen LogP contribution in [-0.4, -0.2) is 163 Å². The molecule has 0 spiro atoms. The van der Waals surface area contributed by atoms with E-state index in [-0.39, 0.29) is 199 Å². The maximum absolute atomic E-state index is 12.6. The number of esters is 4. The van der Waals surface area contributed by atoms with Crippen molar-refractivity contribution in [2.75, 3.05) is 42.5 Å². The van der Waals surface area contributed by atoms with E-state index >= 15 is 0 Å². The summed E-state index contributed by atoms with van der Waals surface area (Å²) in [4.78, 5) is 236. The molecule has 0 aliphatic heterocycles. The molecular weight excluding hydrogens is 1920 g/mol. The van der Waals surface area contributed by atoms with Gasteiger partial charge in [-0.15, -0.1) is 0 Å². The summed E-state index contributed by atoms with van der Waals surface area (Å²) in [6.07, 6.45) is -0.676. The molecule has 130 heavy (non-hydrogen) atoms. The van der Waals surface area contributed by atoms with Gasteiger partial charge in [-0.3, -0.25) is 47.9 Å². The lowest BCUT2D eigenvalue weighted by Crippen LogP contribution is -2.36. The number of carbonyl (C=O) groups is 15. The van der Waals surface area contributed by atoms with Crippen molar-refractivity contribution in [1.82, 2.24) is 0 Å². The molecule has 0 bridgehead atoms. The lowest BCUT2D eigenvalue weighted by Gasteiger charge is -2.26. The Bertz CT molecular complexity index is 4980. The van der Waals surface area contributed by atoms with Crippen molar-refractivity contribution in [3.05, 3.63) is 111 Å². The number of thioether (sulfide) groups is 5. The smallest absolute Gasteiger partial charge is 0.469 e. The largest absolute Gasteiger partial charge is 0.519 e. The van der Waals surface area contributed by atoms with Crippen LogP contribution in [0.15, 0.2) is 68.1 Å². The average molecular weight is 2030 g/mol. The zero-order valence-corrected chi connectivity index (χ0v) is 84.5. The van der Waals surface area contributed by atoms with Gasteiger partial charge < -0.3 is 86.8 Å². The van der Waals surface area contributed by atoms with Crippen LogP contribution >= 0.6 is 122 Å². The number of rotatable bonds is 42. The van der Waals surface area contributed by atoms with Crippen LogP contribution in [0.3, 0.4) is 0 Å². The molecular formula is C81H112O39S10. The number of ketones is 6. The Morgan fingerprint density at radius 1 is 0.315 bits per heavy atom. The van der Waals surface area contributed by atoms with Crippen LogP contribution in [-0.2, 0) is 124 Å². The van der Waals surface area contributed by atoms with E-state index in [0.29, 0.717) is 58.8 Å². The average Bonchev–Trinajstić information content (AvgIpc) is 1.32. The maximum atomic E-state index is 12.6. The van der Waals surface area contributed by atoms with E-state index in [4.69, 9.17) is 60.0 Å². The molecule has 0 unspecified atom stereocenters. The monoisotopic (exact) mass is 2030 g/mol. The fourth-order valence-electron chi connectivity index (χ4n) is 9.34. The molecule has 0 aliphatic rings. The second kappa shape index (κ2) is 56.1. The summed E-state index contributed by atoms with van der Waals surface area (Å²) < 4.78 is 86.3. The van der Waals surface area contributed by atoms with Crippen LogP contribution in [0.5, 0.6) is 0 Å². The molecule has 0 aliphatic carbocycles. The summed E-state index contributed by atoms with van der Waals surface area (Å²) in [5, 5.41) is -3.57. The first-order chi connectivity index (χ1) is 60.0. The van der Waals surface area contributed by atoms with Crippen LogP contribution in [0.2, 0.25) is 0 Å². The molecule has 49 heteroatoms. The first-order valence-electron chi connectivity index (χ1n) is 39.1. The van der Waals surface area contributed by atoms with E-state index in [1.165, 1.54) is 48.7 Å².